The lowest BCUT2D eigenvalue weighted by Gasteiger charge is -2.06. The van der Waals surface area contributed by atoms with Crippen molar-refractivity contribution in [3.05, 3.63) is 46.2 Å². The molecule has 0 fully saturated rings. The molecule has 0 aliphatic heterocycles. The summed E-state index contributed by atoms with van der Waals surface area (Å²) in [6.45, 7) is -0.670. The van der Waals surface area contributed by atoms with Crippen molar-refractivity contribution in [2.75, 3.05) is 6.61 Å². The number of esters is 1. The van der Waals surface area contributed by atoms with Gasteiger partial charge in [0.2, 0.25) is 0 Å². The second kappa shape index (κ2) is 6.72. The Morgan fingerprint density at radius 2 is 1.95 bits per heavy atom. The highest BCUT2D eigenvalue weighted by Crippen LogP contribution is 2.23. The maximum Gasteiger partial charge on any atom is 0.342 e. The minimum atomic E-state index is -0.948. The Balaban J connectivity index is 1.88. The van der Waals surface area contributed by atoms with Crippen molar-refractivity contribution >= 4 is 29.1 Å². The molecule has 8 heteroatoms. The summed E-state index contributed by atoms with van der Waals surface area (Å²) in [5.41, 5.74) is -0.199. The number of benzene rings is 1. The zero-order valence-corrected chi connectivity index (χ0v) is 11.9. The quantitative estimate of drug-likeness (QED) is 0.731. The summed E-state index contributed by atoms with van der Waals surface area (Å²) in [6.07, 6.45) is 0. The second-order valence-corrected chi connectivity index (χ2v) is 5.08. The van der Waals surface area contributed by atoms with Crippen molar-refractivity contribution in [2.24, 2.45) is 0 Å². The molecule has 114 valence electrons. The number of nitrogens with one attached hydrogen (secondary N) is 1. The molecule has 1 heterocycles. The molecule has 1 aromatic carbocycles. The minimum Gasteiger partial charge on any atom is -0.508 e. The molecule has 0 atom stereocenters. The van der Waals surface area contributed by atoms with Gasteiger partial charge in [0.25, 0.3) is 11.8 Å². The van der Waals surface area contributed by atoms with Crippen molar-refractivity contribution in [2.45, 2.75) is 0 Å². The van der Waals surface area contributed by atoms with Crippen LogP contribution in [0.3, 0.4) is 0 Å². The topological polar surface area (TPSA) is 113 Å². The first kappa shape index (κ1) is 15.5. The predicted molar refractivity (Wildman–Crippen MR) is 76.8 cm³/mol. The smallest absolute Gasteiger partial charge is 0.342 e. The molecule has 7 nitrogen and oxygen atoms in total. The number of rotatable bonds is 4. The average Bonchev–Trinajstić information content (AvgIpc) is 2.99. The molecule has 2 amide bonds. The zero-order chi connectivity index (χ0) is 16.1. The molecule has 3 N–H and O–H groups in total. The number of phenolic OH excluding ortho intramolecular Hbond substituents is 2. The minimum absolute atomic E-state index is 0.199. The molecule has 0 spiro atoms. The standard InChI is InChI=1S/C14H11NO6S/c16-8-3-4-9(10(17)6-8)14(20)21-7-12(18)15-13(19)11-2-1-5-22-11/h1-6,16-17H,7H2,(H,15,18,19). The number of thiophene rings is 1. The van der Waals surface area contributed by atoms with Gasteiger partial charge in [-0.15, -0.1) is 11.3 Å². The van der Waals surface area contributed by atoms with E-state index < -0.39 is 30.1 Å². The average molecular weight is 321 g/mol. The lowest BCUT2D eigenvalue weighted by molar-refractivity contribution is -0.123. The van der Waals surface area contributed by atoms with Gasteiger partial charge in [-0.1, -0.05) is 6.07 Å². The molecule has 0 aliphatic carbocycles. The van der Waals surface area contributed by atoms with E-state index in [4.69, 9.17) is 5.11 Å². The normalized spacial score (nSPS) is 10.0. The summed E-state index contributed by atoms with van der Waals surface area (Å²) in [5, 5.41) is 22.4. The third-order valence-corrected chi connectivity index (χ3v) is 3.40. The maximum atomic E-state index is 11.7. The zero-order valence-electron chi connectivity index (χ0n) is 11.1. The number of hydrogen-bond donors (Lipinski definition) is 3. The van der Waals surface area contributed by atoms with Crippen LogP contribution in [0.15, 0.2) is 35.7 Å². The number of ether oxygens (including phenoxy) is 1. The van der Waals surface area contributed by atoms with Crippen LogP contribution in [-0.2, 0) is 9.53 Å². The Morgan fingerprint density at radius 3 is 2.59 bits per heavy atom. The van der Waals surface area contributed by atoms with Crippen LogP contribution in [0.25, 0.3) is 0 Å². The lowest BCUT2D eigenvalue weighted by Crippen LogP contribution is -2.33. The number of hydrogen-bond acceptors (Lipinski definition) is 7. The molecule has 0 aliphatic rings. The first-order valence-electron chi connectivity index (χ1n) is 6.04. The molecule has 1 aromatic heterocycles. The fraction of sp³-hybridized carbons (Fsp3) is 0.0714. The van der Waals surface area contributed by atoms with Crippen LogP contribution < -0.4 is 5.32 Å². The third-order valence-electron chi connectivity index (χ3n) is 2.53. The molecule has 22 heavy (non-hydrogen) atoms. The van der Waals surface area contributed by atoms with Gasteiger partial charge in [-0.3, -0.25) is 14.9 Å². The van der Waals surface area contributed by atoms with Crippen molar-refractivity contribution in [3.63, 3.8) is 0 Å². The highest BCUT2D eigenvalue weighted by atomic mass is 32.1. The second-order valence-electron chi connectivity index (χ2n) is 4.13. The number of imide groups is 1. The first-order chi connectivity index (χ1) is 10.5. The van der Waals surface area contributed by atoms with E-state index in [9.17, 15) is 19.5 Å². The Bertz CT molecular complexity index is 710. The van der Waals surface area contributed by atoms with Gasteiger partial charge in [0.05, 0.1) is 4.88 Å². The highest BCUT2D eigenvalue weighted by molar-refractivity contribution is 7.12. The number of carbonyl (C=O) groups excluding carboxylic acids is 3. The van der Waals surface area contributed by atoms with Gasteiger partial charge < -0.3 is 14.9 Å². The van der Waals surface area contributed by atoms with Gasteiger partial charge in [0.15, 0.2) is 6.61 Å². The monoisotopic (exact) mass is 321 g/mol. The van der Waals surface area contributed by atoms with E-state index in [1.807, 2.05) is 0 Å². The van der Waals surface area contributed by atoms with Crippen molar-refractivity contribution in [1.82, 2.24) is 5.32 Å². The fourth-order valence-corrected chi connectivity index (χ4v) is 2.15. The Kier molecular flexibility index (Phi) is 4.74. The molecule has 0 saturated heterocycles. The van der Waals surface area contributed by atoms with Crippen LogP contribution in [0.2, 0.25) is 0 Å². The molecule has 0 radical (unpaired) electrons. The van der Waals surface area contributed by atoms with E-state index in [0.717, 1.165) is 12.1 Å². The van der Waals surface area contributed by atoms with Crippen LogP contribution in [0.4, 0.5) is 0 Å². The van der Waals surface area contributed by atoms with E-state index in [1.165, 1.54) is 17.4 Å². The first-order valence-corrected chi connectivity index (χ1v) is 6.92. The van der Waals surface area contributed by atoms with E-state index in [2.05, 4.69) is 10.1 Å². The van der Waals surface area contributed by atoms with Crippen LogP contribution >= 0.6 is 11.3 Å². The third kappa shape index (κ3) is 3.83. The van der Waals surface area contributed by atoms with Crippen molar-refractivity contribution in [3.8, 4) is 11.5 Å². The summed E-state index contributed by atoms with van der Waals surface area (Å²) in [7, 11) is 0. The molecular weight excluding hydrogens is 310 g/mol. The van der Waals surface area contributed by atoms with E-state index in [0.29, 0.717) is 4.88 Å². The Morgan fingerprint density at radius 1 is 1.18 bits per heavy atom. The summed E-state index contributed by atoms with van der Waals surface area (Å²) in [5.74, 6) is -3.00. The highest BCUT2D eigenvalue weighted by Gasteiger charge is 2.16. The molecule has 2 rings (SSSR count). The van der Waals surface area contributed by atoms with Crippen LogP contribution in [0.5, 0.6) is 11.5 Å². The van der Waals surface area contributed by atoms with E-state index in [-0.39, 0.29) is 11.3 Å². The molecule has 0 unspecified atom stereocenters. The van der Waals surface area contributed by atoms with Gasteiger partial charge in [-0.05, 0) is 23.6 Å². The van der Waals surface area contributed by atoms with Crippen molar-refractivity contribution < 1.29 is 29.3 Å². The van der Waals surface area contributed by atoms with Gasteiger partial charge in [-0.2, -0.15) is 0 Å². The molecule has 0 bridgehead atoms. The summed E-state index contributed by atoms with van der Waals surface area (Å²) >= 11 is 1.17. The fourth-order valence-electron chi connectivity index (χ4n) is 1.53. The lowest BCUT2D eigenvalue weighted by atomic mass is 10.2. The van der Waals surface area contributed by atoms with Crippen molar-refractivity contribution in [1.29, 1.82) is 0 Å². The Labute approximate surface area is 128 Å². The van der Waals surface area contributed by atoms with E-state index >= 15 is 0 Å². The summed E-state index contributed by atoms with van der Waals surface area (Å²) in [4.78, 5) is 35.1. The predicted octanol–water partition coefficient (Wildman–Crippen LogP) is 1.27. The van der Waals surface area contributed by atoms with Crippen LogP contribution in [-0.4, -0.2) is 34.6 Å². The van der Waals surface area contributed by atoms with Gasteiger partial charge in [0.1, 0.15) is 17.1 Å². The number of phenols is 2. The Hall–Kier alpha value is -2.87. The van der Waals surface area contributed by atoms with Crippen LogP contribution in [0, 0.1) is 0 Å². The summed E-state index contributed by atoms with van der Waals surface area (Å²) in [6, 6.07) is 6.53. The largest absolute Gasteiger partial charge is 0.508 e. The van der Waals surface area contributed by atoms with E-state index in [1.54, 1.807) is 17.5 Å². The van der Waals surface area contributed by atoms with Gasteiger partial charge in [-0.25, -0.2) is 4.79 Å². The number of aromatic hydroxyl groups is 2. The van der Waals surface area contributed by atoms with Gasteiger partial charge >= 0.3 is 5.97 Å². The molecule has 2 aromatic rings. The summed E-state index contributed by atoms with van der Waals surface area (Å²) < 4.78 is 4.69. The molecular formula is C14H11NO6S. The number of amides is 2. The SMILES string of the molecule is O=C(COC(=O)c1ccc(O)cc1O)NC(=O)c1cccs1. The number of carbonyl (C=O) groups is 3. The van der Waals surface area contributed by atoms with Crippen LogP contribution in [0.1, 0.15) is 20.0 Å². The van der Waals surface area contributed by atoms with Gasteiger partial charge in [0, 0.05) is 6.07 Å². The molecule has 0 saturated carbocycles. The maximum absolute atomic E-state index is 11.7.